The summed E-state index contributed by atoms with van der Waals surface area (Å²) in [5, 5.41) is 10.3. The number of nitrogens with zero attached hydrogens (tertiary/aromatic N) is 4. The van der Waals surface area contributed by atoms with Crippen molar-refractivity contribution in [3.8, 4) is 16.5 Å². The third kappa shape index (κ3) is 5.30. The van der Waals surface area contributed by atoms with Gasteiger partial charge >= 0.3 is 5.69 Å². The predicted octanol–water partition coefficient (Wildman–Crippen LogP) is 3.80. The number of halogens is 1. The quantitative estimate of drug-likeness (QED) is 0.318. The lowest BCUT2D eigenvalue weighted by Gasteiger charge is -2.31. The third-order valence-electron chi connectivity index (χ3n) is 8.47. The Morgan fingerprint density at radius 2 is 1.95 bits per heavy atom. The van der Waals surface area contributed by atoms with Gasteiger partial charge in [-0.3, -0.25) is 14.2 Å². The first-order valence-corrected chi connectivity index (χ1v) is 15.1. The molecule has 4 aromatic rings. The van der Waals surface area contributed by atoms with Crippen molar-refractivity contribution >= 4 is 27.5 Å². The van der Waals surface area contributed by atoms with Gasteiger partial charge in [0.2, 0.25) is 11.8 Å². The number of amides is 1. The van der Waals surface area contributed by atoms with Crippen LogP contribution in [0.25, 0.3) is 21.0 Å². The number of aryl methyl sites for hydroxylation is 1. The van der Waals surface area contributed by atoms with E-state index in [1.807, 2.05) is 0 Å². The Bertz CT molecular complexity index is 1770. The first-order valence-electron chi connectivity index (χ1n) is 14.3. The number of thiophene rings is 1. The normalized spacial score (nSPS) is 21.6. The van der Waals surface area contributed by atoms with Gasteiger partial charge < -0.3 is 23.9 Å². The zero-order valence-electron chi connectivity index (χ0n) is 24.1. The van der Waals surface area contributed by atoms with E-state index in [1.54, 1.807) is 14.0 Å². The van der Waals surface area contributed by atoms with Crippen molar-refractivity contribution in [1.29, 1.82) is 0 Å². The number of likely N-dealkylation sites (tertiary alicyclic amines) is 1. The molecule has 0 bridgehead atoms. The van der Waals surface area contributed by atoms with Crippen LogP contribution in [0.5, 0.6) is 5.75 Å². The Kier molecular flexibility index (Phi) is 7.96. The molecule has 0 radical (unpaired) electrons. The first kappa shape index (κ1) is 29.3. The Labute approximate surface area is 250 Å². The summed E-state index contributed by atoms with van der Waals surface area (Å²) in [4.78, 5) is 48.1. The molecule has 1 aliphatic heterocycles. The largest absolute Gasteiger partial charge is 0.496 e. The molecule has 2 fully saturated rings. The van der Waals surface area contributed by atoms with Crippen LogP contribution in [0.3, 0.4) is 0 Å². The number of methoxy groups -OCH3 is 1. The number of likely N-dealkylation sites (N-methyl/N-ethyl adjacent to an activating group) is 1. The minimum atomic E-state index is -0.951. The van der Waals surface area contributed by atoms with Crippen molar-refractivity contribution in [1.82, 2.24) is 19.0 Å². The van der Waals surface area contributed by atoms with Crippen molar-refractivity contribution in [3.63, 3.8) is 0 Å². The number of aliphatic hydroxyl groups excluding tert-OH is 1. The fourth-order valence-corrected chi connectivity index (χ4v) is 7.38. The lowest BCUT2D eigenvalue weighted by Crippen LogP contribution is -2.45. The molecule has 1 saturated carbocycles. The van der Waals surface area contributed by atoms with Crippen LogP contribution in [0.4, 0.5) is 4.39 Å². The summed E-state index contributed by atoms with van der Waals surface area (Å²) in [6.45, 7) is 2.09. The summed E-state index contributed by atoms with van der Waals surface area (Å²) >= 11 is 1.19. The van der Waals surface area contributed by atoms with Crippen molar-refractivity contribution in [3.05, 3.63) is 68.4 Å². The Morgan fingerprint density at radius 3 is 2.60 bits per heavy atom. The van der Waals surface area contributed by atoms with Gasteiger partial charge in [0, 0.05) is 19.2 Å². The number of hydrogen-bond donors (Lipinski definition) is 1. The van der Waals surface area contributed by atoms with E-state index in [0.717, 1.165) is 4.57 Å². The van der Waals surface area contributed by atoms with E-state index in [0.29, 0.717) is 71.1 Å². The van der Waals surface area contributed by atoms with Crippen LogP contribution >= 0.6 is 11.3 Å². The molecule has 228 valence electrons. The van der Waals surface area contributed by atoms with E-state index in [1.165, 1.54) is 58.6 Å². The van der Waals surface area contributed by atoms with Gasteiger partial charge in [0.05, 0.1) is 42.3 Å². The summed E-state index contributed by atoms with van der Waals surface area (Å²) < 4.78 is 34.8. The van der Waals surface area contributed by atoms with Gasteiger partial charge in [0.1, 0.15) is 34.8 Å². The maximum Gasteiger partial charge on any atom is 0.332 e. The highest BCUT2D eigenvalue weighted by atomic mass is 32.1. The molecule has 1 amide bonds. The molecule has 4 heterocycles. The minimum Gasteiger partial charge on any atom is -0.496 e. The van der Waals surface area contributed by atoms with Crippen LogP contribution < -0.4 is 16.0 Å². The molecule has 13 heteroatoms. The summed E-state index contributed by atoms with van der Waals surface area (Å²) in [7, 11) is 3.12. The Morgan fingerprint density at radius 1 is 1.19 bits per heavy atom. The van der Waals surface area contributed by atoms with Crippen LogP contribution in [0, 0.1) is 12.7 Å². The fourth-order valence-electron chi connectivity index (χ4n) is 6.13. The second-order valence-corrected chi connectivity index (χ2v) is 12.1. The number of hydrogen-bond acceptors (Lipinski definition) is 9. The highest BCUT2D eigenvalue weighted by Crippen LogP contribution is 2.38. The molecule has 3 aromatic heterocycles. The number of benzene rings is 1. The van der Waals surface area contributed by atoms with E-state index in [9.17, 15) is 23.9 Å². The van der Waals surface area contributed by atoms with E-state index in [-0.39, 0.29) is 23.9 Å². The predicted molar refractivity (Wildman–Crippen MR) is 157 cm³/mol. The molecule has 43 heavy (non-hydrogen) atoms. The van der Waals surface area contributed by atoms with Gasteiger partial charge in [0.25, 0.3) is 5.56 Å². The van der Waals surface area contributed by atoms with Gasteiger partial charge in [-0.05, 0) is 62.8 Å². The zero-order valence-corrected chi connectivity index (χ0v) is 24.9. The van der Waals surface area contributed by atoms with Crippen molar-refractivity contribution in [2.75, 3.05) is 20.7 Å². The molecular weight excluding hydrogens is 579 g/mol. The number of aliphatic hydroxyl groups is 1. The van der Waals surface area contributed by atoms with Crippen molar-refractivity contribution in [2.24, 2.45) is 0 Å². The molecule has 6 rings (SSSR count). The molecule has 1 saturated heterocycles. The van der Waals surface area contributed by atoms with E-state index >= 15 is 0 Å². The summed E-state index contributed by atoms with van der Waals surface area (Å²) in [6, 6.07) is 3.17. The fraction of sp³-hybridized carbons (Fsp3) is 0.467. The van der Waals surface area contributed by atoms with Gasteiger partial charge in [-0.15, -0.1) is 11.3 Å². The molecule has 2 atom stereocenters. The summed E-state index contributed by atoms with van der Waals surface area (Å²) in [5.74, 6) is -0.120. The molecule has 2 aliphatic rings. The lowest BCUT2D eigenvalue weighted by molar-refractivity contribution is -0.129. The van der Waals surface area contributed by atoms with Crippen LogP contribution in [-0.2, 0) is 16.1 Å². The Balaban J connectivity index is 1.55. The van der Waals surface area contributed by atoms with Gasteiger partial charge in [-0.1, -0.05) is 0 Å². The van der Waals surface area contributed by atoms with Gasteiger partial charge in [-0.25, -0.2) is 18.7 Å². The van der Waals surface area contributed by atoms with E-state index in [4.69, 9.17) is 13.9 Å². The maximum atomic E-state index is 14.6. The topological polar surface area (TPSA) is 129 Å². The van der Waals surface area contributed by atoms with E-state index < -0.39 is 35.3 Å². The highest BCUT2D eigenvalue weighted by molar-refractivity contribution is 7.22. The monoisotopic (exact) mass is 612 g/mol. The number of oxazole rings is 1. The van der Waals surface area contributed by atoms with Gasteiger partial charge in [-0.2, -0.15) is 0 Å². The first-order chi connectivity index (χ1) is 20.7. The van der Waals surface area contributed by atoms with E-state index in [2.05, 4.69) is 4.98 Å². The smallest absolute Gasteiger partial charge is 0.332 e. The average molecular weight is 613 g/mol. The van der Waals surface area contributed by atoms with Crippen molar-refractivity contribution < 1.29 is 28.2 Å². The van der Waals surface area contributed by atoms with Crippen LogP contribution in [-0.4, -0.2) is 62.9 Å². The zero-order chi connectivity index (χ0) is 30.4. The number of rotatable bonds is 8. The number of carbonyl (C=O) groups excluding carboxylic acids is 1. The molecule has 1 aliphatic carbocycles. The van der Waals surface area contributed by atoms with Gasteiger partial charge in [0.15, 0.2) is 0 Å². The molecule has 11 nitrogen and oxygen atoms in total. The second-order valence-electron chi connectivity index (χ2n) is 11.1. The molecule has 1 aromatic carbocycles. The molecule has 1 N–H and O–H groups in total. The standard InChI is InChI=1S/C30H33FN4O7S/c1-16-24-28(38)35(21-10-12-33(2)27(21)37)30(39)34(29(24)43-25(16)26-32-11-13-41-26)15-23(42-19-7-5-18(36)6-8-19)20-14-17(31)4-9-22(20)40-3/h4,9,11,13-14,18-19,21,23,36H,5-8,10,12,15H2,1-3H3/t18?,19?,21-,23-/m0/s1. The SMILES string of the molecule is COc1ccc(F)cc1[C@H](Cn1c(=O)n([C@H]2CCN(C)C2=O)c(=O)c2c(C)c(-c3ncco3)sc21)OC1CCC(O)CC1. The highest BCUT2D eigenvalue weighted by Gasteiger charge is 2.36. The third-order valence-corrected chi connectivity index (χ3v) is 9.77. The summed E-state index contributed by atoms with van der Waals surface area (Å²) in [6.07, 6.45) is 4.04. The lowest BCUT2D eigenvalue weighted by atomic mass is 9.94. The maximum absolute atomic E-state index is 14.6. The molecule has 0 unspecified atom stereocenters. The second kappa shape index (κ2) is 11.7. The summed E-state index contributed by atoms with van der Waals surface area (Å²) in [5.41, 5.74) is -0.229. The number of ether oxygens (including phenoxy) is 2. The molecule has 0 spiro atoms. The van der Waals surface area contributed by atoms with Crippen LogP contribution in [0.15, 0.2) is 44.7 Å². The number of aromatic nitrogens is 3. The minimum absolute atomic E-state index is 0.0871. The van der Waals surface area contributed by atoms with Crippen LogP contribution in [0.2, 0.25) is 0 Å². The Hall–Kier alpha value is -3.81. The molecular formula is C30H33FN4O7S. The number of fused-ring (bicyclic) bond motifs is 1. The van der Waals surface area contributed by atoms with Crippen LogP contribution in [0.1, 0.15) is 55.4 Å². The average Bonchev–Trinajstić information content (AvgIpc) is 3.72. The van der Waals surface area contributed by atoms with Crippen molar-refractivity contribution in [2.45, 2.75) is 69.9 Å². The number of carbonyl (C=O) groups is 1.